The van der Waals surface area contributed by atoms with Gasteiger partial charge in [-0.2, -0.15) is 0 Å². The summed E-state index contributed by atoms with van der Waals surface area (Å²) in [4.78, 5) is 0. The predicted octanol–water partition coefficient (Wildman–Crippen LogP) is 2.34. The first-order valence-corrected chi connectivity index (χ1v) is 8.28. The van der Waals surface area contributed by atoms with E-state index < -0.39 is 10.0 Å². The zero-order valence-electron chi connectivity index (χ0n) is 12.2. The Bertz CT molecular complexity index is 688. The number of benzene rings is 1. The molecule has 6 heteroatoms. The van der Waals surface area contributed by atoms with Crippen molar-refractivity contribution in [2.45, 2.75) is 37.9 Å². The van der Waals surface area contributed by atoms with Crippen molar-refractivity contribution in [1.82, 2.24) is 4.72 Å². The van der Waals surface area contributed by atoms with Gasteiger partial charge in [0.2, 0.25) is 5.09 Å². The highest BCUT2D eigenvalue weighted by molar-refractivity contribution is 7.89. The molecule has 21 heavy (non-hydrogen) atoms. The zero-order chi connectivity index (χ0) is 15.5. The summed E-state index contributed by atoms with van der Waals surface area (Å²) in [6.07, 6.45) is 0. The van der Waals surface area contributed by atoms with Crippen LogP contribution in [0.5, 0.6) is 0 Å². The van der Waals surface area contributed by atoms with Gasteiger partial charge < -0.3 is 10.2 Å². The lowest BCUT2D eigenvalue weighted by Crippen LogP contribution is -2.22. The molecule has 0 fully saturated rings. The van der Waals surface area contributed by atoms with Crippen molar-refractivity contribution in [2.75, 3.05) is 0 Å². The van der Waals surface area contributed by atoms with Gasteiger partial charge in [0.05, 0.1) is 6.54 Å². The van der Waals surface area contributed by atoms with E-state index in [0.29, 0.717) is 11.7 Å². The fourth-order valence-electron chi connectivity index (χ4n) is 1.88. The van der Waals surface area contributed by atoms with Crippen molar-refractivity contribution in [2.24, 2.45) is 5.73 Å². The molecule has 0 saturated heterocycles. The lowest BCUT2D eigenvalue weighted by molar-refractivity contribution is 0.413. The van der Waals surface area contributed by atoms with E-state index in [0.717, 1.165) is 5.56 Å². The van der Waals surface area contributed by atoms with Crippen LogP contribution in [-0.2, 0) is 23.1 Å². The van der Waals surface area contributed by atoms with Crippen molar-refractivity contribution < 1.29 is 12.8 Å². The van der Waals surface area contributed by atoms with Gasteiger partial charge in [-0.05, 0) is 29.2 Å². The van der Waals surface area contributed by atoms with E-state index in [9.17, 15) is 8.42 Å². The molecule has 3 N–H and O–H groups in total. The molecule has 2 rings (SSSR count). The first-order chi connectivity index (χ1) is 9.92. The lowest BCUT2D eigenvalue weighted by atomic mass is 10.0. The SMILES string of the molecule is CC(C)c1ccc(CNS(=O)(=O)c2ccc(CN)o2)cc1. The minimum atomic E-state index is -3.65. The molecule has 114 valence electrons. The zero-order valence-corrected chi connectivity index (χ0v) is 13.0. The Labute approximate surface area is 125 Å². The summed E-state index contributed by atoms with van der Waals surface area (Å²) in [7, 11) is -3.65. The van der Waals surface area contributed by atoms with E-state index in [1.165, 1.54) is 11.6 Å². The van der Waals surface area contributed by atoms with Crippen LogP contribution in [0.2, 0.25) is 0 Å². The molecule has 2 aromatic rings. The topological polar surface area (TPSA) is 85.3 Å². The van der Waals surface area contributed by atoms with Crippen LogP contribution in [-0.4, -0.2) is 8.42 Å². The summed E-state index contributed by atoms with van der Waals surface area (Å²) >= 11 is 0. The van der Waals surface area contributed by atoms with Crippen molar-refractivity contribution >= 4 is 10.0 Å². The number of sulfonamides is 1. The fourth-order valence-corrected chi connectivity index (χ4v) is 2.85. The van der Waals surface area contributed by atoms with Gasteiger partial charge in [0.1, 0.15) is 5.76 Å². The van der Waals surface area contributed by atoms with E-state index in [4.69, 9.17) is 10.2 Å². The van der Waals surface area contributed by atoms with Crippen molar-refractivity contribution in [1.29, 1.82) is 0 Å². The maximum absolute atomic E-state index is 12.1. The van der Waals surface area contributed by atoms with Crippen LogP contribution < -0.4 is 10.5 Å². The summed E-state index contributed by atoms with van der Waals surface area (Å²) < 4.78 is 31.8. The quantitative estimate of drug-likeness (QED) is 0.857. The standard InChI is InChI=1S/C15H20N2O3S/c1-11(2)13-5-3-12(4-6-13)10-17-21(18,19)15-8-7-14(9-16)20-15/h3-8,11,17H,9-10,16H2,1-2H3. The minimum absolute atomic E-state index is 0.109. The molecule has 1 aromatic heterocycles. The molecule has 0 bridgehead atoms. The van der Waals surface area contributed by atoms with Gasteiger partial charge in [-0.15, -0.1) is 0 Å². The number of nitrogens with one attached hydrogen (secondary N) is 1. The van der Waals surface area contributed by atoms with Crippen LogP contribution in [0.1, 0.15) is 36.7 Å². The highest BCUT2D eigenvalue weighted by Crippen LogP contribution is 2.16. The molecular formula is C15H20N2O3S. The average molecular weight is 308 g/mol. The third-order valence-corrected chi connectivity index (χ3v) is 4.49. The Balaban J connectivity index is 2.04. The Hall–Kier alpha value is -1.63. The molecule has 0 atom stereocenters. The molecule has 0 unspecified atom stereocenters. The number of rotatable bonds is 6. The maximum Gasteiger partial charge on any atom is 0.274 e. The molecule has 0 amide bonds. The maximum atomic E-state index is 12.1. The summed E-state index contributed by atoms with van der Waals surface area (Å²) in [6.45, 7) is 4.62. The molecule has 5 nitrogen and oxygen atoms in total. The van der Waals surface area contributed by atoms with Crippen LogP contribution in [0.4, 0.5) is 0 Å². The molecule has 0 aliphatic rings. The molecule has 1 heterocycles. The van der Waals surface area contributed by atoms with Gasteiger partial charge in [-0.25, -0.2) is 13.1 Å². The van der Waals surface area contributed by atoms with Crippen molar-refractivity contribution in [3.8, 4) is 0 Å². The van der Waals surface area contributed by atoms with Crippen molar-refractivity contribution in [3.05, 3.63) is 53.3 Å². The van der Waals surface area contributed by atoms with Crippen LogP contribution in [0.3, 0.4) is 0 Å². The van der Waals surface area contributed by atoms with Gasteiger partial charge in [0.15, 0.2) is 0 Å². The van der Waals surface area contributed by atoms with Crippen LogP contribution in [0.15, 0.2) is 45.9 Å². The number of hydrogen-bond donors (Lipinski definition) is 2. The monoisotopic (exact) mass is 308 g/mol. The molecule has 0 aliphatic carbocycles. The largest absolute Gasteiger partial charge is 0.447 e. The molecule has 1 aromatic carbocycles. The molecule has 0 saturated carbocycles. The average Bonchev–Trinajstić information content (AvgIpc) is 2.95. The van der Waals surface area contributed by atoms with E-state index in [2.05, 4.69) is 18.6 Å². The summed E-state index contributed by atoms with van der Waals surface area (Å²) in [5.41, 5.74) is 7.52. The van der Waals surface area contributed by atoms with E-state index in [1.54, 1.807) is 6.07 Å². The van der Waals surface area contributed by atoms with Gasteiger partial charge in [-0.3, -0.25) is 0 Å². The van der Waals surface area contributed by atoms with Gasteiger partial charge >= 0.3 is 0 Å². The fraction of sp³-hybridized carbons (Fsp3) is 0.333. The Morgan fingerprint density at radius 1 is 1.14 bits per heavy atom. The summed E-state index contributed by atoms with van der Waals surface area (Å²) in [6, 6.07) is 10.8. The van der Waals surface area contributed by atoms with Crippen molar-refractivity contribution in [3.63, 3.8) is 0 Å². The minimum Gasteiger partial charge on any atom is -0.447 e. The van der Waals surface area contributed by atoms with Gasteiger partial charge in [0, 0.05) is 6.54 Å². The van der Waals surface area contributed by atoms with E-state index in [1.807, 2.05) is 24.3 Å². The second kappa shape index (κ2) is 6.43. The smallest absolute Gasteiger partial charge is 0.274 e. The molecule has 0 aliphatic heterocycles. The predicted molar refractivity (Wildman–Crippen MR) is 81.2 cm³/mol. The highest BCUT2D eigenvalue weighted by atomic mass is 32.2. The highest BCUT2D eigenvalue weighted by Gasteiger charge is 2.18. The Morgan fingerprint density at radius 3 is 2.33 bits per heavy atom. The van der Waals surface area contributed by atoms with Crippen LogP contribution >= 0.6 is 0 Å². The van der Waals surface area contributed by atoms with Crippen LogP contribution in [0, 0.1) is 0 Å². The number of nitrogens with two attached hydrogens (primary N) is 1. The van der Waals surface area contributed by atoms with Gasteiger partial charge in [0.25, 0.3) is 10.0 Å². The summed E-state index contributed by atoms with van der Waals surface area (Å²) in [5.74, 6) is 0.894. The Kier molecular flexibility index (Phi) is 4.82. The normalized spacial score (nSPS) is 12.0. The first kappa shape index (κ1) is 15.8. The molecule has 0 spiro atoms. The van der Waals surface area contributed by atoms with E-state index in [-0.39, 0.29) is 18.2 Å². The lowest BCUT2D eigenvalue weighted by Gasteiger charge is -2.08. The van der Waals surface area contributed by atoms with E-state index >= 15 is 0 Å². The third-order valence-electron chi connectivity index (χ3n) is 3.22. The second-order valence-electron chi connectivity index (χ2n) is 5.15. The third kappa shape index (κ3) is 3.93. The second-order valence-corrected chi connectivity index (χ2v) is 6.84. The molecule has 0 radical (unpaired) electrons. The first-order valence-electron chi connectivity index (χ1n) is 6.79. The molecular weight excluding hydrogens is 288 g/mol. The number of hydrogen-bond acceptors (Lipinski definition) is 4. The number of furan rings is 1. The van der Waals surface area contributed by atoms with Crippen LogP contribution in [0.25, 0.3) is 0 Å². The Morgan fingerprint density at radius 2 is 1.81 bits per heavy atom. The summed E-state index contributed by atoms with van der Waals surface area (Å²) in [5, 5.41) is -0.109. The van der Waals surface area contributed by atoms with Gasteiger partial charge in [-0.1, -0.05) is 38.1 Å².